The van der Waals surface area contributed by atoms with Crippen molar-refractivity contribution in [1.29, 1.82) is 0 Å². The fourth-order valence-corrected chi connectivity index (χ4v) is 3.53. The third kappa shape index (κ3) is 22.7. The first-order valence-corrected chi connectivity index (χ1v) is 12.0. The lowest BCUT2D eigenvalue weighted by Gasteiger charge is -2.17. The highest BCUT2D eigenvalue weighted by molar-refractivity contribution is 4.62. The molecule has 0 heterocycles. The molecule has 0 aromatic heterocycles. The molecule has 168 valence electrons. The summed E-state index contributed by atoms with van der Waals surface area (Å²) in [6.45, 7) is 4.23. The van der Waals surface area contributed by atoms with E-state index in [4.69, 9.17) is 15.8 Å². The van der Waals surface area contributed by atoms with Gasteiger partial charge in [-0.3, -0.25) is 0 Å². The second-order valence-corrected chi connectivity index (χ2v) is 7.93. The fraction of sp³-hybridized carbons (Fsp3) is 1.00. The summed E-state index contributed by atoms with van der Waals surface area (Å²) in [5.41, 5.74) is 16.7. The summed E-state index contributed by atoms with van der Waals surface area (Å²) in [4.78, 5) is 5.62. The second kappa shape index (κ2) is 24.6. The van der Waals surface area contributed by atoms with E-state index in [1.165, 1.54) is 83.5 Å². The van der Waals surface area contributed by atoms with E-state index in [0.29, 0.717) is 13.1 Å². The van der Waals surface area contributed by atoms with Gasteiger partial charge in [-0.25, -0.2) is 0 Å². The van der Waals surface area contributed by atoms with Gasteiger partial charge >= 0.3 is 0 Å². The maximum atomic E-state index is 8.45. The van der Waals surface area contributed by atoms with Crippen LogP contribution in [0.5, 0.6) is 0 Å². The van der Waals surface area contributed by atoms with Crippen LogP contribution in [0.3, 0.4) is 0 Å². The van der Waals surface area contributed by atoms with Crippen LogP contribution in [0.1, 0.15) is 116 Å². The van der Waals surface area contributed by atoms with Crippen LogP contribution < -0.4 is 0 Å². The van der Waals surface area contributed by atoms with Crippen molar-refractivity contribution in [2.45, 2.75) is 122 Å². The summed E-state index contributed by atoms with van der Waals surface area (Å²) in [6.07, 6.45) is 21.1. The lowest BCUT2D eigenvalue weighted by Crippen LogP contribution is -2.15. The normalized spacial score (nSPS) is 11.6. The first-order chi connectivity index (χ1) is 14.3. The van der Waals surface area contributed by atoms with Gasteiger partial charge in [0.2, 0.25) is 0 Å². The standard InChI is InChI=1S/C22H44N6O/c1-2-3-16-21-29-22(18-20-26-28-24)17-14-12-10-8-6-4-5-7-9-11-13-15-19-25-27-23/h22H,2-21H2,1H3. The zero-order chi connectivity index (χ0) is 21.3. The van der Waals surface area contributed by atoms with Crippen LogP contribution in [0.25, 0.3) is 20.9 Å². The second-order valence-electron chi connectivity index (χ2n) is 7.93. The molecular weight excluding hydrogens is 364 g/mol. The highest BCUT2D eigenvalue weighted by Crippen LogP contribution is 2.15. The summed E-state index contributed by atoms with van der Waals surface area (Å²) in [6, 6.07) is 0. The Bertz CT molecular complexity index is 433. The molecule has 0 aromatic rings. The molecule has 29 heavy (non-hydrogen) atoms. The average molecular weight is 409 g/mol. The molecule has 0 saturated heterocycles. The highest BCUT2D eigenvalue weighted by atomic mass is 16.5. The smallest absolute Gasteiger partial charge is 0.0576 e. The molecule has 0 aromatic carbocycles. The van der Waals surface area contributed by atoms with Gasteiger partial charge in [0.15, 0.2) is 0 Å². The molecule has 1 unspecified atom stereocenters. The summed E-state index contributed by atoms with van der Waals surface area (Å²) in [5.74, 6) is 0. The van der Waals surface area contributed by atoms with Crippen LogP contribution in [0, 0.1) is 0 Å². The number of rotatable bonds is 23. The molecule has 0 bridgehead atoms. The maximum Gasteiger partial charge on any atom is 0.0576 e. The Labute approximate surface area is 178 Å². The van der Waals surface area contributed by atoms with Gasteiger partial charge in [-0.1, -0.05) is 101 Å². The number of ether oxygens (including phenoxy) is 1. The molecule has 7 nitrogen and oxygen atoms in total. The van der Waals surface area contributed by atoms with Crippen molar-refractivity contribution in [1.82, 2.24) is 0 Å². The molecule has 0 spiro atoms. The number of hydrogen-bond donors (Lipinski definition) is 0. The van der Waals surface area contributed by atoms with Crippen molar-refractivity contribution in [3.05, 3.63) is 20.9 Å². The van der Waals surface area contributed by atoms with Crippen LogP contribution >= 0.6 is 0 Å². The lowest BCUT2D eigenvalue weighted by molar-refractivity contribution is 0.0392. The van der Waals surface area contributed by atoms with Crippen LogP contribution in [0.2, 0.25) is 0 Å². The molecule has 7 heteroatoms. The molecule has 0 radical (unpaired) electrons. The summed E-state index contributed by atoms with van der Waals surface area (Å²) in [7, 11) is 0. The van der Waals surface area contributed by atoms with Crippen molar-refractivity contribution >= 4 is 0 Å². The van der Waals surface area contributed by atoms with Gasteiger partial charge in [-0.15, -0.1) is 0 Å². The Balaban J connectivity index is 3.48. The molecule has 0 fully saturated rings. The van der Waals surface area contributed by atoms with Gasteiger partial charge in [0, 0.05) is 29.5 Å². The van der Waals surface area contributed by atoms with E-state index in [9.17, 15) is 0 Å². The lowest BCUT2D eigenvalue weighted by atomic mass is 10.0. The van der Waals surface area contributed by atoms with Crippen LogP contribution in [0.15, 0.2) is 10.2 Å². The predicted octanol–water partition coefficient (Wildman–Crippen LogP) is 8.64. The Hall–Kier alpha value is -1.42. The zero-order valence-electron chi connectivity index (χ0n) is 18.8. The molecule has 1 atom stereocenters. The zero-order valence-corrected chi connectivity index (χ0v) is 18.8. The van der Waals surface area contributed by atoms with Crippen LogP contribution in [0.4, 0.5) is 0 Å². The minimum atomic E-state index is 0.254. The molecule has 0 aliphatic carbocycles. The molecule has 0 aliphatic rings. The van der Waals surface area contributed by atoms with Gasteiger partial charge in [0.25, 0.3) is 0 Å². The van der Waals surface area contributed by atoms with Crippen molar-refractivity contribution in [2.24, 2.45) is 10.2 Å². The van der Waals surface area contributed by atoms with E-state index in [0.717, 1.165) is 32.3 Å². The molecule has 0 aliphatic heterocycles. The van der Waals surface area contributed by atoms with Gasteiger partial charge in [-0.2, -0.15) is 0 Å². The Morgan fingerprint density at radius 1 is 0.621 bits per heavy atom. The van der Waals surface area contributed by atoms with Crippen LogP contribution in [-0.4, -0.2) is 25.8 Å². The number of hydrogen-bond acceptors (Lipinski definition) is 3. The van der Waals surface area contributed by atoms with Crippen molar-refractivity contribution in [3.63, 3.8) is 0 Å². The van der Waals surface area contributed by atoms with Crippen molar-refractivity contribution < 1.29 is 4.74 Å². The van der Waals surface area contributed by atoms with Gasteiger partial charge < -0.3 is 4.74 Å². The third-order valence-electron chi connectivity index (χ3n) is 5.31. The molecule has 0 saturated carbocycles. The van der Waals surface area contributed by atoms with E-state index >= 15 is 0 Å². The topological polar surface area (TPSA) is 107 Å². The van der Waals surface area contributed by atoms with Gasteiger partial charge in [0.05, 0.1) is 6.10 Å². The van der Waals surface area contributed by atoms with Gasteiger partial charge in [0.1, 0.15) is 0 Å². The summed E-state index contributed by atoms with van der Waals surface area (Å²) >= 11 is 0. The van der Waals surface area contributed by atoms with Crippen LogP contribution in [-0.2, 0) is 4.74 Å². The van der Waals surface area contributed by atoms with Crippen molar-refractivity contribution in [3.8, 4) is 0 Å². The van der Waals surface area contributed by atoms with Crippen molar-refractivity contribution in [2.75, 3.05) is 19.7 Å². The molecule has 0 rings (SSSR count). The number of unbranched alkanes of at least 4 members (excludes halogenated alkanes) is 13. The van der Waals surface area contributed by atoms with E-state index in [1.807, 2.05) is 0 Å². The molecule has 0 amide bonds. The predicted molar refractivity (Wildman–Crippen MR) is 122 cm³/mol. The fourth-order valence-electron chi connectivity index (χ4n) is 3.53. The monoisotopic (exact) mass is 408 g/mol. The van der Waals surface area contributed by atoms with E-state index in [-0.39, 0.29) is 6.10 Å². The molecular formula is C22H44N6O. The Kier molecular flexibility index (Phi) is 23.4. The SMILES string of the molecule is CCCCCOC(CCCCCCCCCCCCCCN=[N+]=[N-])CCN=[N+]=[N-]. The largest absolute Gasteiger partial charge is 0.378 e. The van der Waals surface area contributed by atoms with E-state index in [1.54, 1.807) is 0 Å². The number of azide groups is 2. The quantitative estimate of drug-likeness (QED) is 0.0716. The van der Waals surface area contributed by atoms with E-state index in [2.05, 4.69) is 27.0 Å². The van der Waals surface area contributed by atoms with E-state index < -0.39 is 0 Å². The Morgan fingerprint density at radius 2 is 1.14 bits per heavy atom. The summed E-state index contributed by atoms with van der Waals surface area (Å²) in [5, 5.41) is 7.22. The highest BCUT2D eigenvalue weighted by Gasteiger charge is 2.08. The summed E-state index contributed by atoms with van der Waals surface area (Å²) < 4.78 is 6.01. The van der Waals surface area contributed by atoms with Gasteiger partial charge in [-0.05, 0) is 36.7 Å². The first-order valence-electron chi connectivity index (χ1n) is 12.0. The number of nitrogens with zero attached hydrogens (tertiary/aromatic N) is 6. The minimum Gasteiger partial charge on any atom is -0.378 e. The maximum absolute atomic E-state index is 8.45. The average Bonchev–Trinajstić information content (AvgIpc) is 2.73. The third-order valence-corrected chi connectivity index (χ3v) is 5.31. The minimum absolute atomic E-state index is 0.254. The molecule has 0 N–H and O–H groups in total. The first kappa shape index (κ1) is 27.6. The Morgan fingerprint density at radius 3 is 1.69 bits per heavy atom.